The van der Waals surface area contributed by atoms with Crippen LogP contribution in [0.3, 0.4) is 0 Å². The fourth-order valence-electron chi connectivity index (χ4n) is 1.88. The van der Waals surface area contributed by atoms with E-state index < -0.39 is 5.97 Å². The number of anilines is 1. The number of esters is 1. The zero-order valence-electron chi connectivity index (χ0n) is 13.2. The van der Waals surface area contributed by atoms with Crippen LogP contribution in [0.4, 0.5) is 5.69 Å². The number of hydrogen-bond donors (Lipinski definition) is 0. The third-order valence-corrected chi connectivity index (χ3v) is 3.09. The van der Waals surface area contributed by atoms with Crippen molar-refractivity contribution in [3.05, 3.63) is 52.9 Å². The second-order valence-electron chi connectivity index (χ2n) is 5.16. The van der Waals surface area contributed by atoms with E-state index in [2.05, 4.69) is 5.16 Å². The minimum atomic E-state index is -0.690. The summed E-state index contributed by atoms with van der Waals surface area (Å²) in [6, 6.07) is 11.0. The lowest BCUT2D eigenvalue weighted by Crippen LogP contribution is -2.08. The number of benzene rings is 1. The highest BCUT2D eigenvalue weighted by Crippen LogP contribution is 2.15. The Kier molecular flexibility index (Phi) is 5.15. The Bertz CT molecular complexity index is 752. The number of aromatic nitrogens is 1. The van der Waals surface area contributed by atoms with Gasteiger partial charge in [-0.05, 0) is 30.7 Å². The summed E-state index contributed by atoms with van der Waals surface area (Å²) in [7, 11) is 3.88. The monoisotopic (exact) mass is 311 g/mol. The molecule has 0 amide bonds. The first-order valence-corrected chi connectivity index (χ1v) is 6.98. The quantitative estimate of drug-likeness (QED) is 0.480. The Labute approximate surface area is 134 Å². The van der Waals surface area contributed by atoms with Crippen LogP contribution in [0.25, 0.3) is 6.08 Å². The van der Waals surface area contributed by atoms with Crippen LogP contribution in [0.5, 0.6) is 0 Å². The molecule has 0 N–H and O–H groups in total. The van der Waals surface area contributed by atoms with E-state index >= 15 is 0 Å². The number of ether oxygens (including phenoxy) is 1. The van der Waals surface area contributed by atoms with Crippen molar-refractivity contribution in [1.82, 2.24) is 5.16 Å². The minimum Gasteiger partial charge on any atom is -0.455 e. The first kappa shape index (κ1) is 16.3. The first-order chi connectivity index (χ1) is 11.0. The highest BCUT2D eigenvalue weighted by atomic mass is 16.5. The van der Waals surface area contributed by atoms with E-state index in [-0.39, 0.29) is 12.2 Å². The molecule has 6 nitrogen and oxygen atoms in total. The SMILES string of the molecule is Cc1cc(COC(=O)C(C#N)=Cc2ccc(N(C)C)cc2)no1. The van der Waals surface area contributed by atoms with Crippen LogP contribution in [0.1, 0.15) is 17.0 Å². The van der Waals surface area contributed by atoms with Crippen molar-refractivity contribution in [2.75, 3.05) is 19.0 Å². The maximum absolute atomic E-state index is 12.0. The smallest absolute Gasteiger partial charge is 0.349 e. The van der Waals surface area contributed by atoms with E-state index in [1.807, 2.05) is 49.3 Å². The Morgan fingerprint density at radius 3 is 2.61 bits per heavy atom. The van der Waals surface area contributed by atoms with E-state index in [1.54, 1.807) is 13.0 Å². The van der Waals surface area contributed by atoms with Crippen LogP contribution < -0.4 is 4.90 Å². The normalized spacial score (nSPS) is 11.0. The van der Waals surface area contributed by atoms with Gasteiger partial charge in [-0.15, -0.1) is 0 Å². The van der Waals surface area contributed by atoms with Crippen LogP contribution in [0.2, 0.25) is 0 Å². The number of aryl methyl sites for hydroxylation is 1. The van der Waals surface area contributed by atoms with Gasteiger partial charge in [0.1, 0.15) is 29.7 Å². The highest BCUT2D eigenvalue weighted by Gasteiger charge is 2.12. The van der Waals surface area contributed by atoms with Crippen molar-refractivity contribution in [3.8, 4) is 6.07 Å². The molecule has 2 rings (SSSR count). The summed E-state index contributed by atoms with van der Waals surface area (Å²) in [6.07, 6.45) is 1.50. The minimum absolute atomic E-state index is 0.0330. The molecule has 118 valence electrons. The lowest BCUT2D eigenvalue weighted by atomic mass is 10.1. The Morgan fingerprint density at radius 1 is 1.39 bits per heavy atom. The second-order valence-corrected chi connectivity index (χ2v) is 5.16. The molecule has 0 bridgehead atoms. The van der Waals surface area contributed by atoms with Crippen LogP contribution in [-0.2, 0) is 16.1 Å². The van der Waals surface area contributed by atoms with Gasteiger partial charge in [-0.3, -0.25) is 0 Å². The molecule has 23 heavy (non-hydrogen) atoms. The summed E-state index contributed by atoms with van der Waals surface area (Å²) in [5.41, 5.74) is 2.22. The lowest BCUT2D eigenvalue weighted by Gasteiger charge is -2.11. The second kappa shape index (κ2) is 7.27. The van der Waals surface area contributed by atoms with Crippen LogP contribution in [0.15, 0.2) is 40.4 Å². The summed E-state index contributed by atoms with van der Waals surface area (Å²) in [5.74, 6) is -0.0575. The molecule has 1 heterocycles. The predicted molar refractivity (Wildman–Crippen MR) is 85.4 cm³/mol. The molecule has 1 aromatic heterocycles. The molecule has 0 radical (unpaired) electrons. The average molecular weight is 311 g/mol. The van der Waals surface area contributed by atoms with Crippen LogP contribution in [0, 0.1) is 18.3 Å². The van der Waals surface area contributed by atoms with Crippen molar-refractivity contribution in [2.45, 2.75) is 13.5 Å². The Balaban J connectivity index is 2.05. The zero-order chi connectivity index (χ0) is 16.8. The van der Waals surface area contributed by atoms with E-state index in [4.69, 9.17) is 14.5 Å². The van der Waals surface area contributed by atoms with Crippen molar-refractivity contribution < 1.29 is 14.1 Å². The van der Waals surface area contributed by atoms with Gasteiger partial charge in [-0.1, -0.05) is 17.3 Å². The van der Waals surface area contributed by atoms with Gasteiger partial charge in [-0.25, -0.2) is 4.79 Å². The van der Waals surface area contributed by atoms with Gasteiger partial charge < -0.3 is 14.2 Å². The summed E-state index contributed by atoms with van der Waals surface area (Å²) < 4.78 is 9.95. The van der Waals surface area contributed by atoms with Gasteiger partial charge in [-0.2, -0.15) is 5.26 Å². The molecule has 0 aliphatic heterocycles. The molecule has 2 aromatic rings. The molecule has 0 saturated heterocycles. The molecule has 0 atom stereocenters. The summed E-state index contributed by atoms with van der Waals surface area (Å²) in [4.78, 5) is 13.9. The largest absolute Gasteiger partial charge is 0.455 e. The Hall–Kier alpha value is -3.07. The highest BCUT2D eigenvalue weighted by molar-refractivity contribution is 5.97. The molecular formula is C17H17N3O3. The number of nitriles is 1. The molecule has 0 spiro atoms. The van der Waals surface area contributed by atoms with E-state index in [9.17, 15) is 4.79 Å². The first-order valence-electron chi connectivity index (χ1n) is 6.98. The van der Waals surface area contributed by atoms with Crippen molar-refractivity contribution in [3.63, 3.8) is 0 Å². The van der Waals surface area contributed by atoms with Gasteiger partial charge in [0.15, 0.2) is 0 Å². The van der Waals surface area contributed by atoms with E-state index in [0.717, 1.165) is 11.3 Å². The summed E-state index contributed by atoms with van der Waals surface area (Å²) in [6.45, 7) is 1.71. The molecule has 0 saturated carbocycles. The van der Waals surface area contributed by atoms with Gasteiger partial charge in [0.05, 0.1) is 0 Å². The van der Waals surface area contributed by atoms with Gasteiger partial charge in [0.25, 0.3) is 0 Å². The van der Waals surface area contributed by atoms with E-state index in [0.29, 0.717) is 11.5 Å². The molecule has 0 fully saturated rings. The fourth-order valence-corrected chi connectivity index (χ4v) is 1.88. The lowest BCUT2D eigenvalue weighted by molar-refractivity contribution is -0.139. The van der Waals surface area contributed by atoms with Gasteiger partial charge in [0.2, 0.25) is 0 Å². The standard InChI is InChI=1S/C17H17N3O3/c1-12-8-15(19-23-12)11-22-17(21)14(10-18)9-13-4-6-16(7-5-13)20(2)3/h4-9H,11H2,1-3H3. The van der Waals surface area contributed by atoms with Crippen molar-refractivity contribution in [2.24, 2.45) is 0 Å². The molecular weight excluding hydrogens is 294 g/mol. The zero-order valence-corrected chi connectivity index (χ0v) is 13.2. The molecule has 0 aliphatic carbocycles. The number of rotatable bonds is 5. The predicted octanol–water partition coefficient (Wildman–Crippen LogP) is 2.70. The van der Waals surface area contributed by atoms with Gasteiger partial charge >= 0.3 is 5.97 Å². The molecule has 1 aromatic carbocycles. The fraction of sp³-hybridized carbons (Fsp3) is 0.235. The Morgan fingerprint density at radius 2 is 2.09 bits per heavy atom. The molecule has 6 heteroatoms. The third kappa shape index (κ3) is 4.45. The maximum atomic E-state index is 12.0. The van der Waals surface area contributed by atoms with Crippen LogP contribution in [-0.4, -0.2) is 25.2 Å². The van der Waals surface area contributed by atoms with E-state index in [1.165, 1.54) is 6.08 Å². The number of nitrogens with zero attached hydrogens (tertiary/aromatic N) is 3. The molecule has 0 unspecified atom stereocenters. The maximum Gasteiger partial charge on any atom is 0.349 e. The number of hydrogen-bond acceptors (Lipinski definition) is 6. The van der Waals surface area contributed by atoms with Gasteiger partial charge in [0, 0.05) is 25.8 Å². The van der Waals surface area contributed by atoms with Crippen molar-refractivity contribution in [1.29, 1.82) is 5.26 Å². The molecule has 0 aliphatic rings. The summed E-state index contributed by atoms with van der Waals surface area (Å²) >= 11 is 0. The number of carbonyl (C=O) groups is 1. The van der Waals surface area contributed by atoms with Crippen LogP contribution >= 0.6 is 0 Å². The average Bonchev–Trinajstić information content (AvgIpc) is 2.96. The summed E-state index contributed by atoms with van der Waals surface area (Å²) in [5, 5.41) is 12.9. The van der Waals surface area contributed by atoms with Crippen molar-refractivity contribution >= 4 is 17.7 Å². The number of carbonyl (C=O) groups excluding carboxylic acids is 1. The topological polar surface area (TPSA) is 79.4 Å². The third-order valence-electron chi connectivity index (χ3n) is 3.09.